The molecule has 0 radical (unpaired) electrons. The number of pyridine rings is 1. The third-order valence-corrected chi connectivity index (χ3v) is 0.566. The maximum absolute atomic E-state index is 5.35. The van der Waals surface area contributed by atoms with Crippen LogP contribution in [0.15, 0.2) is 30.6 Å². The monoisotopic (exact) mass is 152 g/mol. The van der Waals surface area contributed by atoms with Gasteiger partial charge in [-0.25, -0.2) is 0 Å². The van der Waals surface area contributed by atoms with E-state index in [0.29, 0.717) is 0 Å². The molecule has 2 nitrogen and oxygen atoms in total. The summed E-state index contributed by atoms with van der Waals surface area (Å²) >= 11 is 0. The van der Waals surface area contributed by atoms with Gasteiger partial charge < -0.3 is 5.73 Å². The smallest absolute Gasteiger partial charge is 0.0267 e. The predicted octanol–water partition coefficient (Wildman–Crippen LogP) is 1.83. The summed E-state index contributed by atoms with van der Waals surface area (Å²) in [6, 6.07) is 5.72. The molecule has 0 fully saturated rings. The van der Waals surface area contributed by atoms with E-state index in [9.17, 15) is 0 Å². The van der Waals surface area contributed by atoms with Crippen LogP contribution in [0.3, 0.4) is 0 Å². The minimum Gasteiger partial charge on any atom is -0.326 e. The molecule has 62 valence electrons. The molecule has 2 heteroatoms. The highest BCUT2D eigenvalue weighted by Gasteiger charge is 1.95. The van der Waals surface area contributed by atoms with E-state index >= 15 is 0 Å². The second-order valence-electron chi connectivity index (χ2n) is 3.39. The van der Waals surface area contributed by atoms with Crippen LogP contribution in [0.1, 0.15) is 20.8 Å². The molecule has 0 saturated heterocycles. The Balaban J connectivity index is 0.000000187. The average Bonchev–Trinajstić information content (AvgIpc) is 1.88. The average molecular weight is 152 g/mol. The third-order valence-electron chi connectivity index (χ3n) is 0.566. The molecule has 2 N–H and O–H groups in total. The van der Waals surface area contributed by atoms with Gasteiger partial charge in [-0.05, 0) is 32.9 Å². The Labute approximate surface area is 68.5 Å². The first-order valence-corrected chi connectivity index (χ1v) is 3.64. The van der Waals surface area contributed by atoms with Crippen molar-refractivity contribution in [2.24, 2.45) is 5.73 Å². The highest BCUT2D eigenvalue weighted by molar-refractivity contribution is 4.88. The Hall–Kier alpha value is -0.890. The van der Waals surface area contributed by atoms with Crippen LogP contribution in [0.25, 0.3) is 0 Å². The van der Waals surface area contributed by atoms with Gasteiger partial charge >= 0.3 is 0 Å². The van der Waals surface area contributed by atoms with Crippen molar-refractivity contribution in [1.82, 2.24) is 4.98 Å². The van der Waals surface area contributed by atoms with Crippen LogP contribution in [0.2, 0.25) is 0 Å². The standard InChI is InChI=1S/C5H5N.C4H11N/c1-2-4-6-5-3-1;1-4(2,3)5/h1-5H;5H2,1-3H3. The normalized spacial score (nSPS) is 9.82. The molecule has 1 heterocycles. The van der Waals surface area contributed by atoms with Gasteiger partial charge in [0.2, 0.25) is 0 Å². The summed E-state index contributed by atoms with van der Waals surface area (Å²) in [5, 5.41) is 0. The van der Waals surface area contributed by atoms with Crippen molar-refractivity contribution in [2.75, 3.05) is 0 Å². The fourth-order valence-electron chi connectivity index (χ4n) is 0.313. The fourth-order valence-corrected chi connectivity index (χ4v) is 0.313. The molecule has 0 amide bonds. The van der Waals surface area contributed by atoms with Crippen LogP contribution >= 0.6 is 0 Å². The number of hydrogen-bond donors (Lipinski definition) is 1. The lowest BCUT2D eigenvalue weighted by molar-refractivity contribution is 0.580. The van der Waals surface area contributed by atoms with Gasteiger partial charge in [0.1, 0.15) is 0 Å². The van der Waals surface area contributed by atoms with E-state index in [0.717, 1.165) is 0 Å². The summed E-state index contributed by atoms with van der Waals surface area (Å²) < 4.78 is 0. The zero-order valence-electron chi connectivity index (χ0n) is 7.41. The topological polar surface area (TPSA) is 38.9 Å². The van der Waals surface area contributed by atoms with E-state index in [2.05, 4.69) is 4.98 Å². The molecule has 0 spiro atoms. The molecule has 0 unspecified atom stereocenters. The number of aromatic nitrogens is 1. The second-order valence-corrected chi connectivity index (χ2v) is 3.39. The first kappa shape index (κ1) is 10.1. The van der Waals surface area contributed by atoms with Gasteiger partial charge in [-0.15, -0.1) is 0 Å². The minimum atomic E-state index is 0. The molecule has 1 rings (SSSR count). The quantitative estimate of drug-likeness (QED) is 0.616. The maximum Gasteiger partial charge on any atom is 0.0267 e. The Kier molecular flexibility index (Phi) is 4.46. The van der Waals surface area contributed by atoms with Crippen molar-refractivity contribution >= 4 is 0 Å². The van der Waals surface area contributed by atoms with Crippen molar-refractivity contribution in [3.63, 3.8) is 0 Å². The maximum atomic E-state index is 5.35. The van der Waals surface area contributed by atoms with E-state index in [-0.39, 0.29) is 5.54 Å². The Morgan fingerprint density at radius 2 is 1.36 bits per heavy atom. The van der Waals surface area contributed by atoms with Gasteiger partial charge in [-0.2, -0.15) is 0 Å². The van der Waals surface area contributed by atoms with E-state index in [1.807, 2.05) is 39.0 Å². The molecule has 0 bridgehead atoms. The van der Waals surface area contributed by atoms with Crippen molar-refractivity contribution < 1.29 is 0 Å². The van der Waals surface area contributed by atoms with Gasteiger partial charge in [0.15, 0.2) is 0 Å². The molecule has 11 heavy (non-hydrogen) atoms. The molecule has 0 aliphatic rings. The SMILES string of the molecule is CC(C)(C)N.c1ccncc1. The molecule has 0 aliphatic heterocycles. The fraction of sp³-hybridized carbons (Fsp3) is 0.444. The van der Waals surface area contributed by atoms with Crippen LogP contribution in [0.5, 0.6) is 0 Å². The number of nitrogens with two attached hydrogens (primary N) is 1. The summed E-state index contributed by atoms with van der Waals surface area (Å²) in [5.74, 6) is 0. The van der Waals surface area contributed by atoms with E-state index < -0.39 is 0 Å². The molecule has 0 atom stereocenters. The first-order valence-electron chi connectivity index (χ1n) is 3.64. The van der Waals surface area contributed by atoms with Crippen LogP contribution in [0, 0.1) is 0 Å². The lowest BCUT2D eigenvalue weighted by Crippen LogP contribution is -2.26. The zero-order chi connectivity index (χ0) is 8.74. The molecule has 0 aliphatic carbocycles. The zero-order valence-corrected chi connectivity index (χ0v) is 7.41. The van der Waals surface area contributed by atoms with Crippen LogP contribution < -0.4 is 5.73 Å². The van der Waals surface area contributed by atoms with Crippen LogP contribution in [-0.4, -0.2) is 10.5 Å². The van der Waals surface area contributed by atoms with Crippen LogP contribution in [-0.2, 0) is 0 Å². The minimum absolute atomic E-state index is 0. The van der Waals surface area contributed by atoms with E-state index in [4.69, 9.17) is 5.73 Å². The summed E-state index contributed by atoms with van der Waals surface area (Å²) in [4.78, 5) is 3.78. The van der Waals surface area contributed by atoms with Crippen molar-refractivity contribution in [3.8, 4) is 0 Å². The second kappa shape index (κ2) is 4.85. The highest BCUT2D eigenvalue weighted by atomic mass is 14.7. The molecular weight excluding hydrogens is 136 g/mol. The molecule has 1 aromatic rings. The van der Waals surface area contributed by atoms with Crippen molar-refractivity contribution in [1.29, 1.82) is 0 Å². The highest BCUT2D eigenvalue weighted by Crippen LogP contribution is 1.88. The molecular formula is C9H16N2. The molecule has 1 aromatic heterocycles. The van der Waals surface area contributed by atoms with Gasteiger partial charge in [0, 0.05) is 17.9 Å². The number of rotatable bonds is 0. The first-order chi connectivity index (χ1) is 5.00. The van der Waals surface area contributed by atoms with Gasteiger partial charge in [0.05, 0.1) is 0 Å². The van der Waals surface area contributed by atoms with E-state index in [1.165, 1.54) is 0 Å². The van der Waals surface area contributed by atoms with Crippen LogP contribution in [0.4, 0.5) is 0 Å². The summed E-state index contributed by atoms with van der Waals surface area (Å²) in [7, 11) is 0. The number of hydrogen-bond acceptors (Lipinski definition) is 2. The lowest BCUT2D eigenvalue weighted by atomic mass is 10.1. The molecule has 0 saturated carbocycles. The summed E-state index contributed by atoms with van der Waals surface area (Å²) in [5.41, 5.74) is 5.35. The predicted molar refractivity (Wildman–Crippen MR) is 48.2 cm³/mol. The van der Waals surface area contributed by atoms with Gasteiger partial charge in [-0.1, -0.05) is 6.07 Å². The van der Waals surface area contributed by atoms with E-state index in [1.54, 1.807) is 12.4 Å². The number of nitrogens with zero attached hydrogens (tertiary/aromatic N) is 1. The summed E-state index contributed by atoms with van der Waals surface area (Å²) in [6.07, 6.45) is 3.50. The third kappa shape index (κ3) is 17.6. The van der Waals surface area contributed by atoms with Gasteiger partial charge in [0.25, 0.3) is 0 Å². The van der Waals surface area contributed by atoms with Crippen molar-refractivity contribution in [3.05, 3.63) is 30.6 Å². The lowest BCUT2D eigenvalue weighted by Gasteiger charge is -2.06. The molecule has 0 aromatic carbocycles. The largest absolute Gasteiger partial charge is 0.326 e. The Morgan fingerprint density at radius 3 is 1.45 bits per heavy atom. The van der Waals surface area contributed by atoms with Crippen molar-refractivity contribution in [2.45, 2.75) is 26.3 Å². The Bertz CT molecular complexity index is 132. The summed E-state index contributed by atoms with van der Waals surface area (Å²) in [6.45, 7) is 5.90. The Morgan fingerprint density at radius 1 is 1.00 bits per heavy atom. The van der Waals surface area contributed by atoms with Gasteiger partial charge in [-0.3, -0.25) is 4.98 Å².